The highest BCUT2D eigenvalue weighted by atomic mass is 16.5. The zero-order chi connectivity index (χ0) is 7.56. The Balaban J connectivity index is 2.45. The molecule has 0 saturated carbocycles. The summed E-state index contributed by atoms with van der Waals surface area (Å²) in [6, 6.07) is 0.988. The van der Waals surface area contributed by atoms with Crippen LogP contribution in [0.2, 0.25) is 0 Å². The summed E-state index contributed by atoms with van der Waals surface area (Å²) in [5.41, 5.74) is 3.16. The topological polar surface area (TPSA) is 24.5 Å². The van der Waals surface area contributed by atoms with Crippen LogP contribution >= 0.6 is 0 Å². The minimum absolute atomic E-state index is 0.494. The van der Waals surface area contributed by atoms with E-state index in [9.17, 15) is 0 Å². The van der Waals surface area contributed by atoms with Crippen LogP contribution in [0.5, 0.6) is 0 Å². The highest BCUT2D eigenvalue weighted by Crippen LogP contribution is 2.08. The smallest absolute Gasteiger partial charge is 0.0634 e. The van der Waals surface area contributed by atoms with Gasteiger partial charge < -0.3 is 4.74 Å². The predicted molar refractivity (Wildman–Crippen MR) is 40.6 cm³/mol. The first-order valence-electron chi connectivity index (χ1n) is 3.79. The molecule has 1 N–H and O–H groups in total. The molecule has 0 aromatic rings. The van der Waals surface area contributed by atoms with E-state index in [0.717, 1.165) is 13.2 Å². The summed E-state index contributed by atoms with van der Waals surface area (Å²) in [5, 5.41) is 2.23. The van der Waals surface area contributed by atoms with Gasteiger partial charge in [-0.15, -0.1) is 0 Å². The lowest BCUT2D eigenvalue weighted by Crippen LogP contribution is -2.54. The number of morpholine rings is 1. The van der Waals surface area contributed by atoms with Crippen molar-refractivity contribution in [2.24, 2.45) is 0 Å². The molecule has 1 heterocycles. The molecule has 3 heteroatoms. The molecule has 2 atom stereocenters. The minimum Gasteiger partial charge on any atom is -0.378 e. The van der Waals surface area contributed by atoms with Gasteiger partial charge in [-0.05, 0) is 20.9 Å². The van der Waals surface area contributed by atoms with Gasteiger partial charge in [0.1, 0.15) is 0 Å². The fourth-order valence-corrected chi connectivity index (χ4v) is 1.44. The van der Waals surface area contributed by atoms with E-state index in [2.05, 4.69) is 24.3 Å². The molecule has 1 saturated heterocycles. The van der Waals surface area contributed by atoms with E-state index in [-0.39, 0.29) is 0 Å². The third kappa shape index (κ3) is 1.48. The molecule has 0 spiro atoms. The highest BCUT2D eigenvalue weighted by Gasteiger charge is 2.23. The van der Waals surface area contributed by atoms with E-state index in [1.807, 2.05) is 7.05 Å². The van der Waals surface area contributed by atoms with Crippen LogP contribution in [0, 0.1) is 0 Å². The Hall–Kier alpha value is -0.120. The molecule has 0 aromatic heterocycles. The maximum atomic E-state index is 5.34. The van der Waals surface area contributed by atoms with Crippen molar-refractivity contribution in [3.8, 4) is 0 Å². The molecule has 1 fully saturated rings. The molecule has 2 unspecified atom stereocenters. The van der Waals surface area contributed by atoms with Crippen LogP contribution < -0.4 is 5.43 Å². The van der Waals surface area contributed by atoms with Gasteiger partial charge in [0.25, 0.3) is 0 Å². The molecule has 1 aliphatic rings. The van der Waals surface area contributed by atoms with Gasteiger partial charge in [-0.2, -0.15) is 0 Å². The Labute approximate surface area is 62.3 Å². The lowest BCUT2D eigenvalue weighted by atomic mass is 10.2. The number of nitrogens with one attached hydrogen (secondary N) is 1. The van der Waals surface area contributed by atoms with Crippen molar-refractivity contribution in [3.63, 3.8) is 0 Å². The van der Waals surface area contributed by atoms with E-state index < -0.39 is 0 Å². The summed E-state index contributed by atoms with van der Waals surface area (Å²) < 4.78 is 5.34. The molecule has 0 aromatic carbocycles. The minimum atomic E-state index is 0.494. The van der Waals surface area contributed by atoms with Crippen molar-refractivity contribution in [1.29, 1.82) is 0 Å². The van der Waals surface area contributed by atoms with Gasteiger partial charge in [0.05, 0.1) is 13.2 Å². The van der Waals surface area contributed by atoms with Gasteiger partial charge in [0.15, 0.2) is 0 Å². The Morgan fingerprint density at radius 1 is 1.30 bits per heavy atom. The largest absolute Gasteiger partial charge is 0.378 e. The number of rotatable bonds is 1. The average molecular weight is 144 g/mol. The molecule has 3 nitrogen and oxygen atoms in total. The summed E-state index contributed by atoms with van der Waals surface area (Å²) in [4.78, 5) is 0. The molecule has 1 rings (SSSR count). The summed E-state index contributed by atoms with van der Waals surface area (Å²) in [7, 11) is 1.96. The molecule has 1 aliphatic heterocycles. The summed E-state index contributed by atoms with van der Waals surface area (Å²) in [6.07, 6.45) is 0. The van der Waals surface area contributed by atoms with Gasteiger partial charge in [-0.1, -0.05) is 0 Å². The molecule has 0 aliphatic carbocycles. The number of hydrogen-bond donors (Lipinski definition) is 1. The summed E-state index contributed by atoms with van der Waals surface area (Å²) in [5.74, 6) is 0. The van der Waals surface area contributed by atoms with Crippen molar-refractivity contribution in [1.82, 2.24) is 10.4 Å². The Kier molecular flexibility index (Phi) is 2.65. The standard InChI is InChI=1S/C7H16N2O/c1-6-4-10-5-7(2)9(6)8-3/h6-8H,4-5H2,1-3H3. The van der Waals surface area contributed by atoms with Crippen LogP contribution in [0.15, 0.2) is 0 Å². The lowest BCUT2D eigenvalue weighted by Gasteiger charge is -2.37. The second kappa shape index (κ2) is 3.32. The SMILES string of the molecule is CNN1C(C)COCC1C. The fraction of sp³-hybridized carbons (Fsp3) is 1.00. The van der Waals surface area contributed by atoms with Crippen molar-refractivity contribution in [3.05, 3.63) is 0 Å². The monoisotopic (exact) mass is 144 g/mol. The molecular weight excluding hydrogens is 128 g/mol. The van der Waals surface area contributed by atoms with Crippen molar-refractivity contribution >= 4 is 0 Å². The van der Waals surface area contributed by atoms with E-state index in [1.165, 1.54) is 0 Å². The van der Waals surface area contributed by atoms with Crippen LogP contribution in [0.1, 0.15) is 13.8 Å². The maximum Gasteiger partial charge on any atom is 0.0634 e. The average Bonchev–Trinajstić information content (AvgIpc) is 1.88. The van der Waals surface area contributed by atoms with Crippen molar-refractivity contribution < 1.29 is 4.74 Å². The van der Waals surface area contributed by atoms with Gasteiger partial charge in [-0.3, -0.25) is 5.43 Å². The Morgan fingerprint density at radius 3 is 2.10 bits per heavy atom. The van der Waals surface area contributed by atoms with E-state index in [4.69, 9.17) is 4.74 Å². The number of ether oxygens (including phenoxy) is 1. The Bertz CT molecular complexity index is 97.8. The first-order chi connectivity index (χ1) is 4.75. The summed E-state index contributed by atoms with van der Waals surface area (Å²) in [6.45, 7) is 5.99. The van der Waals surface area contributed by atoms with Crippen LogP contribution in [-0.2, 0) is 4.74 Å². The van der Waals surface area contributed by atoms with Crippen molar-refractivity contribution in [2.45, 2.75) is 25.9 Å². The van der Waals surface area contributed by atoms with Gasteiger partial charge in [-0.25, -0.2) is 5.01 Å². The molecule has 0 bridgehead atoms. The van der Waals surface area contributed by atoms with Crippen LogP contribution in [-0.4, -0.2) is 37.4 Å². The number of hydrazine groups is 1. The van der Waals surface area contributed by atoms with Crippen LogP contribution in [0.4, 0.5) is 0 Å². The van der Waals surface area contributed by atoms with Gasteiger partial charge in [0.2, 0.25) is 0 Å². The number of nitrogens with zero attached hydrogens (tertiary/aromatic N) is 1. The summed E-state index contributed by atoms with van der Waals surface area (Å²) >= 11 is 0. The number of hydrogen-bond acceptors (Lipinski definition) is 3. The zero-order valence-corrected chi connectivity index (χ0v) is 6.92. The van der Waals surface area contributed by atoms with Crippen LogP contribution in [0.25, 0.3) is 0 Å². The normalized spacial score (nSPS) is 36.3. The molecule has 0 radical (unpaired) electrons. The zero-order valence-electron chi connectivity index (χ0n) is 6.92. The lowest BCUT2D eigenvalue weighted by molar-refractivity contribution is -0.0591. The fourth-order valence-electron chi connectivity index (χ4n) is 1.44. The third-order valence-electron chi connectivity index (χ3n) is 1.93. The second-order valence-corrected chi connectivity index (χ2v) is 2.87. The third-order valence-corrected chi connectivity index (χ3v) is 1.93. The maximum absolute atomic E-state index is 5.34. The first-order valence-corrected chi connectivity index (χ1v) is 3.79. The second-order valence-electron chi connectivity index (χ2n) is 2.87. The highest BCUT2D eigenvalue weighted by molar-refractivity contribution is 4.73. The Morgan fingerprint density at radius 2 is 1.80 bits per heavy atom. The van der Waals surface area contributed by atoms with E-state index in [0.29, 0.717) is 12.1 Å². The van der Waals surface area contributed by atoms with E-state index in [1.54, 1.807) is 0 Å². The predicted octanol–water partition coefficient (Wildman–Crippen LogP) is 0.230. The first kappa shape index (κ1) is 7.98. The molecule has 10 heavy (non-hydrogen) atoms. The molecule has 0 amide bonds. The van der Waals surface area contributed by atoms with Gasteiger partial charge in [0, 0.05) is 12.1 Å². The van der Waals surface area contributed by atoms with Crippen LogP contribution in [0.3, 0.4) is 0 Å². The molecule has 60 valence electrons. The van der Waals surface area contributed by atoms with E-state index >= 15 is 0 Å². The van der Waals surface area contributed by atoms with Gasteiger partial charge >= 0.3 is 0 Å². The van der Waals surface area contributed by atoms with Crippen molar-refractivity contribution in [2.75, 3.05) is 20.3 Å². The quantitative estimate of drug-likeness (QED) is 0.570. The molecular formula is C7H16N2O.